The summed E-state index contributed by atoms with van der Waals surface area (Å²) in [5, 5.41) is 0.761. The summed E-state index contributed by atoms with van der Waals surface area (Å²) in [5.74, 6) is -0.223. The number of fused-ring (bicyclic) bond motifs is 2. The lowest BCUT2D eigenvalue weighted by Crippen LogP contribution is -2.23. The first-order valence-electron chi connectivity index (χ1n) is 10.4. The predicted molar refractivity (Wildman–Crippen MR) is 123 cm³/mol. The first-order valence-corrected chi connectivity index (χ1v) is 11.2. The highest BCUT2D eigenvalue weighted by atomic mass is 32.1. The lowest BCUT2D eigenvalue weighted by atomic mass is 10.1. The van der Waals surface area contributed by atoms with Crippen LogP contribution in [0, 0.1) is 13.8 Å². The van der Waals surface area contributed by atoms with Crippen molar-refractivity contribution < 1.29 is 23.5 Å². The summed E-state index contributed by atoms with van der Waals surface area (Å²) in [7, 11) is 0. The summed E-state index contributed by atoms with van der Waals surface area (Å²) in [5.41, 5.74) is 3.56. The van der Waals surface area contributed by atoms with Crippen molar-refractivity contribution in [3.8, 4) is 5.75 Å². The van der Waals surface area contributed by atoms with Gasteiger partial charge in [0, 0.05) is 5.39 Å². The molecule has 0 bridgehead atoms. The number of ether oxygens (including phenoxy) is 2. The van der Waals surface area contributed by atoms with Crippen LogP contribution < -0.4 is 9.54 Å². The Bertz CT molecular complexity index is 1390. The minimum atomic E-state index is -0.527. The molecule has 0 aliphatic rings. The van der Waals surface area contributed by atoms with Crippen LogP contribution in [0.5, 0.6) is 5.75 Å². The quantitative estimate of drug-likeness (QED) is 0.394. The molecule has 166 valence electrons. The summed E-state index contributed by atoms with van der Waals surface area (Å²) in [6, 6.07) is 11.2. The van der Waals surface area contributed by atoms with Crippen LogP contribution in [-0.4, -0.2) is 29.7 Å². The molecule has 0 fully saturated rings. The number of thiazole rings is 1. The maximum atomic E-state index is 13.0. The monoisotopic (exact) mass is 452 g/mol. The molecule has 0 saturated carbocycles. The van der Waals surface area contributed by atoms with Crippen LogP contribution in [0.4, 0.5) is 0 Å². The van der Waals surface area contributed by atoms with Gasteiger partial charge in [0.05, 0.1) is 23.4 Å². The third-order valence-corrected chi connectivity index (χ3v) is 6.15. The minimum absolute atomic E-state index is 0.0307. The number of aryl methyl sites for hydroxylation is 2. The van der Waals surface area contributed by atoms with Crippen molar-refractivity contribution in [3.05, 3.63) is 58.1 Å². The molecule has 7 nitrogen and oxygen atoms in total. The van der Waals surface area contributed by atoms with Crippen molar-refractivity contribution in [1.82, 2.24) is 4.57 Å². The fourth-order valence-corrected chi connectivity index (χ4v) is 4.56. The molecule has 0 saturated heterocycles. The van der Waals surface area contributed by atoms with Gasteiger partial charge in [-0.05, 0) is 63.1 Å². The molecule has 1 amide bonds. The molecule has 0 radical (unpaired) electrons. The second-order valence-electron chi connectivity index (χ2n) is 7.32. The van der Waals surface area contributed by atoms with E-state index in [2.05, 4.69) is 4.99 Å². The summed E-state index contributed by atoms with van der Waals surface area (Å²) >= 11 is 1.35. The average molecular weight is 453 g/mol. The Hall–Kier alpha value is -3.39. The van der Waals surface area contributed by atoms with Gasteiger partial charge in [0.25, 0.3) is 0 Å². The van der Waals surface area contributed by atoms with Crippen LogP contribution in [0.1, 0.15) is 35.5 Å². The molecule has 2 aromatic carbocycles. The Morgan fingerprint density at radius 1 is 1.09 bits per heavy atom. The summed E-state index contributed by atoms with van der Waals surface area (Å²) in [6.45, 7) is 8.42. The van der Waals surface area contributed by atoms with Crippen LogP contribution >= 0.6 is 11.3 Å². The summed E-state index contributed by atoms with van der Waals surface area (Å²) < 4.78 is 19.2. The van der Waals surface area contributed by atoms with Crippen LogP contribution in [0.15, 0.2) is 45.8 Å². The van der Waals surface area contributed by atoms with Crippen molar-refractivity contribution in [1.29, 1.82) is 0 Å². The van der Waals surface area contributed by atoms with E-state index in [-0.39, 0.29) is 24.9 Å². The van der Waals surface area contributed by atoms with Crippen molar-refractivity contribution in [2.75, 3.05) is 13.2 Å². The number of carbonyl (C=O) groups excluding carboxylic acids is 2. The highest BCUT2D eigenvalue weighted by Gasteiger charge is 2.17. The van der Waals surface area contributed by atoms with Gasteiger partial charge in [-0.1, -0.05) is 23.5 Å². The SMILES string of the molecule is CCOC(=O)Cn1c(=NC(=O)c2cc3cccc(OCC)c3o2)sc2cc(C)c(C)cc21. The first-order chi connectivity index (χ1) is 15.4. The van der Waals surface area contributed by atoms with Crippen LogP contribution in [0.2, 0.25) is 0 Å². The number of rotatable bonds is 6. The number of carbonyl (C=O) groups is 2. The highest BCUT2D eigenvalue weighted by Crippen LogP contribution is 2.29. The lowest BCUT2D eigenvalue weighted by Gasteiger charge is -2.06. The number of aromatic nitrogens is 1. The Morgan fingerprint density at radius 3 is 2.62 bits per heavy atom. The molecular weight excluding hydrogens is 428 g/mol. The smallest absolute Gasteiger partial charge is 0.326 e. The highest BCUT2D eigenvalue weighted by molar-refractivity contribution is 7.16. The minimum Gasteiger partial charge on any atom is -0.490 e. The maximum absolute atomic E-state index is 13.0. The van der Waals surface area contributed by atoms with E-state index in [9.17, 15) is 9.59 Å². The van der Waals surface area contributed by atoms with Gasteiger partial charge in [-0.3, -0.25) is 9.59 Å². The van der Waals surface area contributed by atoms with E-state index in [4.69, 9.17) is 13.9 Å². The molecule has 2 heterocycles. The van der Waals surface area contributed by atoms with Gasteiger partial charge in [-0.25, -0.2) is 0 Å². The van der Waals surface area contributed by atoms with E-state index in [0.29, 0.717) is 22.7 Å². The third-order valence-electron chi connectivity index (χ3n) is 5.11. The van der Waals surface area contributed by atoms with Gasteiger partial charge in [0.15, 0.2) is 21.9 Å². The number of hydrogen-bond acceptors (Lipinski definition) is 6. The second kappa shape index (κ2) is 9.00. The molecule has 32 heavy (non-hydrogen) atoms. The second-order valence-corrected chi connectivity index (χ2v) is 8.32. The Kier molecular flexibility index (Phi) is 6.14. The van der Waals surface area contributed by atoms with E-state index in [0.717, 1.165) is 26.7 Å². The molecule has 0 spiro atoms. The normalized spacial score (nSPS) is 11.9. The molecule has 0 aliphatic carbocycles. The molecule has 0 unspecified atom stereocenters. The molecule has 0 aliphatic heterocycles. The van der Waals surface area contributed by atoms with E-state index in [1.54, 1.807) is 23.6 Å². The number of esters is 1. The summed E-state index contributed by atoms with van der Waals surface area (Å²) in [4.78, 5) is 30.0. The summed E-state index contributed by atoms with van der Waals surface area (Å²) in [6.07, 6.45) is 0. The average Bonchev–Trinajstić information content (AvgIpc) is 3.32. The zero-order chi connectivity index (χ0) is 22.8. The topological polar surface area (TPSA) is 83.0 Å². The lowest BCUT2D eigenvalue weighted by molar-refractivity contribution is -0.143. The fourth-order valence-electron chi connectivity index (χ4n) is 3.45. The number of benzene rings is 2. The molecule has 4 rings (SSSR count). The maximum Gasteiger partial charge on any atom is 0.326 e. The van der Waals surface area contributed by atoms with Crippen LogP contribution in [0.25, 0.3) is 21.2 Å². The molecule has 8 heteroatoms. The molecular formula is C24H24N2O5S. The largest absolute Gasteiger partial charge is 0.490 e. The molecule has 0 atom stereocenters. The molecule has 4 aromatic rings. The van der Waals surface area contributed by atoms with Crippen LogP contribution in [-0.2, 0) is 16.1 Å². The number of furan rings is 1. The Balaban J connectivity index is 1.82. The van der Waals surface area contributed by atoms with Gasteiger partial charge in [0.1, 0.15) is 6.54 Å². The number of nitrogens with zero attached hydrogens (tertiary/aromatic N) is 2. The zero-order valence-electron chi connectivity index (χ0n) is 18.4. The Morgan fingerprint density at radius 2 is 1.88 bits per heavy atom. The molecule has 2 aromatic heterocycles. The van der Waals surface area contributed by atoms with Crippen molar-refractivity contribution in [2.24, 2.45) is 4.99 Å². The van der Waals surface area contributed by atoms with Crippen molar-refractivity contribution >= 4 is 44.4 Å². The van der Waals surface area contributed by atoms with Gasteiger partial charge in [-0.2, -0.15) is 4.99 Å². The van der Waals surface area contributed by atoms with E-state index in [1.165, 1.54) is 11.3 Å². The standard InChI is InChI=1S/C24H24N2O5S/c1-5-29-18-9-7-8-16-12-19(31-22(16)18)23(28)25-24-26(13-21(27)30-6-2)17-10-14(3)15(4)11-20(17)32-24/h7-12H,5-6,13H2,1-4H3. The first kappa shape index (κ1) is 21.8. The predicted octanol–water partition coefficient (Wildman–Crippen LogP) is 4.77. The van der Waals surface area contributed by atoms with Gasteiger partial charge >= 0.3 is 11.9 Å². The van der Waals surface area contributed by atoms with Crippen molar-refractivity contribution in [3.63, 3.8) is 0 Å². The Labute approximate surface area is 188 Å². The fraction of sp³-hybridized carbons (Fsp3) is 0.292. The third kappa shape index (κ3) is 4.18. The van der Waals surface area contributed by atoms with E-state index >= 15 is 0 Å². The van der Waals surface area contributed by atoms with Crippen LogP contribution in [0.3, 0.4) is 0 Å². The zero-order valence-corrected chi connectivity index (χ0v) is 19.2. The number of para-hydroxylation sites is 1. The van der Waals surface area contributed by atoms with Crippen molar-refractivity contribution in [2.45, 2.75) is 34.2 Å². The van der Waals surface area contributed by atoms with Gasteiger partial charge in [-0.15, -0.1) is 0 Å². The number of amides is 1. The van der Waals surface area contributed by atoms with Gasteiger partial charge < -0.3 is 18.5 Å². The number of hydrogen-bond donors (Lipinski definition) is 0. The van der Waals surface area contributed by atoms with Gasteiger partial charge in [0.2, 0.25) is 0 Å². The van der Waals surface area contributed by atoms with E-state index in [1.807, 2.05) is 45.0 Å². The van der Waals surface area contributed by atoms with E-state index < -0.39 is 5.91 Å². The molecule has 0 N–H and O–H groups in total.